The number of furan rings is 1. The lowest BCUT2D eigenvalue weighted by Crippen LogP contribution is -2.18. The number of carbonyl (C=O) groups is 3. The predicted octanol–water partition coefficient (Wildman–Crippen LogP) is 4.49. The summed E-state index contributed by atoms with van der Waals surface area (Å²) in [5.74, 6) is -0.961. The highest BCUT2D eigenvalue weighted by Crippen LogP contribution is 2.20. The molecule has 2 aromatic heterocycles. The molecule has 0 aliphatic heterocycles. The van der Waals surface area contributed by atoms with Gasteiger partial charge in [0.25, 0.3) is 17.7 Å². The van der Waals surface area contributed by atoms with E-state index in [4.69, 9.17) is 4.42 Å². The van der Waals surface area contributed by atoms with Gasteiger partial charge in [0.2, 0.25) is 0 Å². The summed E-state index contributed by atoms with van der Waals surface area (Å²) >= 11 is 1.30. The normalized spacial score (nSPS) is 10.3. The summed E-state index contributed by atoms with van der Waals surface area (Å²) < 4.78 is 5.05. The van der Waals surface area contributed by atoms with E-state index in [0.717, 1.165) is 0 Å². The first-order valence-electron chi connectivity index (χ1n) is 9.16. The number of thiazole rings is 1. The molecule has 0 spiro atoms. The third kappa shape index (κ3) is 4.85. The number of anilines is 3. The zero-order valence-corrected chi connectivity index (χ0v) is 16.8. The lowest BCUT2D eigenvalue weighted by Gasteiger charge is -2.11. The first kappa shape index (κ1) is 20.0. The minimum absolute atomic E-state index is 0.189. The van der Waals surface area contributed by atoms with Crippen molar-refractivity contribution in [1.29, 1.82) is 0 Å². The predicted molar refractivity (Wildman–Crippen MR) is 118 cm³/mol. The van der Waals surface area contributed by atoms with Gasteiger partial charge in [-0.3, -0.25) is 19.7 Å². The molecule has 2 heterocycles. The summed E-state index contributed by atoms with van der Waals surface area (Å²) in [6.07, 6.45) is 3.01. The highest BCUT2D eigenvalue weighted by molar-refractivity contribution is 7.13. The third-order valence-corrected chi connectivity index (χ3v) is 4.91. The summed E-state index contributed by atoms with van der Waals surface area (Å²) in [5.41, 5.74) is 1.57. The molecule has 0 aliphatic rings. The van der Waals surface area contributed by atoms with Crippen molar-refractivity contribution < 1.29 is 18.8 Å². The lowest BCUT2D eigenvalue weighted by atomic mass is 10.1. The number of hydrogen-bond donors (Lipinski definition) is 3. The molecule has 0 bridgehead atoms. The second-order valence-corrected chi connectivity index (χ2v) is 7.19. The number of aromatic nitrogens is 1. The Morgan fingerprint density at radius 3 is 2.32 bits per heavy atom. The average molecular weight is 432 g/mol. The number of para-hydroxylation sites is 1. The van der Waals surface area contributed by atoms with Gasteiger partial charge < -0.3 is 15.1 Å². The molecule has 31 heavy (non-hydrogen) atoms. The van der Waals surface area contributed by atoms with Crippen LogP contribution in [0.5, 0.6) is 0 Å². The van der Waals surface area contributed by atoms with Crippen LogP contribution < -0.4 is 16.0 Å². The summed E-state index contributed by atoms with van der Waals surface area (Å²) in [6, 6.07) is 16.2. The number of amides is 3. The molecule has 0 radical (unpaired) electrons. The molecular formula is C22H16N4O4S. The second kappa shape index (κ2) is 9.06. The van der Waals surface area contributed by atoms with E-state index in [9.17, 15) is 14.4 Å². The van der Waals surface area contributed by atoms with E-state index in [2.05, 4.69) is 20.9 Å². The summed E-state index contributed by atoms with van der Waals surface area (Å²) in [6.45, 7) is 0. The summed E-state index contributed by atoms with van der Waals surface area (Å²) in [5, 5.41) is 10.4. The molecule has 0 fully saturated rings. The van der Waals surface area contributed by atoms with Crippen molar-refractivity contribution in [2.24, 2.45) is 0 Å². The van der Waals surface area contributed by atoms with Gasteiger partial charge >= 0.3 is 0 Å². The van der Waals surface area contributed by atoms with E-state index in [0.29, 0.717) is 27.6 Å². The van der Waals surface area contributed by atoms with Crippen LogP contribution in [0.25, 0.3) is 0 Å². The maximum absolute atomic E-state index is 12.7. The lowest BCUT2D eigenvalue weighted by molar-refractivity contribution is 0.0993. The van der Waals surface area contributed by atoms with Crippen LogP contribution in [-0.2, 0) is 0 Å². The van der Waals surface area contributed by atoms with Gasteiger partial charge in [0.05, 0.1) is 17.5 Å². The highest BCUT2D eigenvalue weighted by atomic mass is 32.1. The zero-order valence-electron chi connectivity index (χ0n) is 16.0. The first-order valence-corrected chi connectivity index (χ1v) is 10.0. The Bertz CT molecular complexity index is 1200. The van der Waals surface area contributed by atoms with Crippen LogP contribution in [0.15, 0.2) is 82.9 Å². The van der Waals surface area contributed by atoms with Gasteiger partial charge in [-0.25, -0.2) is 4.98 Å². The molecule has 9 heteroatoms. The quantitative estimate of drug-likeness (QED) is 0.415. The molecule has 0 saturated heterocycles. The Balaban J connectivity index is 1.44. The highest BCUT2D eigenvalue weighted by Gasteiger charge is 2.15. The Kier molecular flexibility index (Phi) is 5.86. The standard InChI is InChI=1S/C22H16N4O4S/c27-19(14-7-9-15(10-8-14)24-21(29)18-6-3-12-30-18)25-17-5-2-1-4-16(17)20(28)26-22-23-11-13-31-22/h1-13H,(H,24,29)(H,25,27)(H,23,26,28). The molecule has 4 rings (SSSR count). The van der Waals surface area contributed by atoms with Crippen LogP contribution in [0.1, 0.15) is 31.3 Å². The molecule has 4 aromatic rings. The average Bonchev–Trinajstić information content (AvgIpc) is 3.49. The van der Waals surface area contributed by atoms with Crippen LogP contribution >= 0.6 is 11.3 Å². The first-order chi connectivity index (χ1) is 15.1. The maximum atomic E-state index is 12.7. The zero-order chi connectivity index (χ0) is 21.6. The molecule has 0 atom stereocenters. The molecule has 154 valence electrons. The number of nitrogens with zero attached hydrogens (tertiary/aromatic N) is 1. The van der Waals surface area contributed by atoms with E-state index in [-0.39, 0.29) is 17.6 Å². The van der Waals surface area contributed by atoms with E-state index < -0.39 is 5.91 Å². The van der Waals surface area contributed by atoms with E-state index >= 15 is 0 Å². The van der Waals surface area contributed by atoms with Crippen LogP contribution in [0, 0.1) is 0 Å². The number of benzene rings is 2. The number of hydrogen-bond acceptors (Lipinski definition) is 6. The molecule has 0 unspecified atom stereocenters. The van der Waals surface area contributed by atoms with Crippen molar-refractivity contribution in [3.05, 3.63) is 95.4 Å². The van der Waals surface area contributed by atoms with E-state index in [1.54, 1.807) is 72.2 Å². The van der Waals surface area contributed by atoms with Crippen molar-refractivity contribution in [2.75, 3.05) is 16.0 Å². The Labute approximate surface area is 180 Å². The van der Waals surface area contributed by atoms with Gasteiger partial charge in [0.15, 0.2) is 10.9 Å². The second-order valence-electron chi connectivity index (χ2n) is 6.30. The molecule has 2 aromatic carbocycles. The molecule has 0 saturated carbocycles. The fourth-order valence-electron chi connectivity index (χ4n) is 2.74. The molecule has 8 nitrogen and oxygen atoms in total. The van der Waals surface area contributed by atoms with Crippen molar-refractivity contribution in [3.8, 4) is 0 Å². The van der Waals surface area contributed by atoms with Crippen molar-refractivity contribution in [3.63, 3.8) is 0 Å². The fraction of sp³-hybridized carbons (Fsp3) is 0. The summed E-state index contributed by atoms with van der Waals surface area (Å²) in [4.78, 5) is 41.3. The van der Waals surface area contributed by atoms with Crippen LogP contribution in [-0.4, -0.2) is 22.7 Å². The Morgan fingerprint density at radius 2 is 1.61 bits per heavy atom. The topological polar surface area (TPSA) is 113 Å². The monoisotopic (exact) mass is 432 g/mol. The van der Waals surface area contributed by atoms with Crippen molar-refractivity contribution in [2.45, 2.75) is 0 Å². The summed E-state index contributed by atoms with van der Waals surface area (Å²) in [7, 11) is 0. The molecule has 3 amide bonds. The van der Waals surface area contributed by atoms with Crippen LogP contribution in [0.4, 0.5) is 16.5 Å². The van der Waals surface area contributed by atoms with E-state index in [1.165, 1.54) is 17.6 Å². The molecule has 0 aliphatic carbocycles. The largest absolute Gasteiger partial charge is 0.459 e. The van der Waals surface area contributed by atoms with E-state index in [1.807, 2.05) is 0 Å². The van der Waals surface area contributed by atoms with Crippen molar-refractivity contribution >= 4 is 45.6 Å². The van der Waals surface area contributed by atoms with Crippen molar-refractivity contribution in [1.82, 2.24) is 4.98 Å². The molecule has 3 N–H and O–H groups in total. The number of rotatable bonds is 6. The van der Waals surface area contributed by atoms with Gasteiger partial charge in [-0.2, -0.15) is 0 Å². The fourth-order valence-corrected chi connectivity index (χ4v) is 3.26. The Morgan fingerprint density at radius 1 is 0.806 bits per heavy atom. The van der Waals surface area contributed by atoms with Gasteiger partial charge in [0, 0.05) is 22.8 Å². The SMILES string of the molecule is O=C(Nc1ccccc1C(=O)Nc1nccs1)c1ccc(NC(=O)c2ccco2)cc1. The minimum atomic E-state index is -0.390. The minimum Gasteiger partial charge on any atom is -0.459 e. The smallest absolute Gasteiger partial charge is 0.291 e. The Hall–Kier alpha value is -4.24. The van der Waals surface area contributed by atoms with Gasteiger partial charge in [-0.1, -0.05) is 12.1 Å². The van der Waals surface area contributed by atoms with Gasteiger partial charge in [-0.05, 0) is 48.5 Å². The third-order valence-electron chi connectivity index (χ3n) is 4.22. The van der Waals surface area contributed by atoms with Crippen LogP contribution in [0.2, 0.25) is 0 Å². The van der Waals surface area contributed by atoms with Crippen LogP contribution in [0.3, 0.4) is 0 Å². The number of carbonyl (C=O) groups excluding carboxylic acids is 3. The van der Waals surface area contributed by atoms with Gasteiger partial charge in [0.1, 0.15) is 0 Å². The molecular weight excluding hydrogens is 416 g/mol. The van der Waals surface area contributed by atoms with Gasteiger partial charge in [-0.15, -0.1) is 11.3 Å². The maximum Gasteiger partial charge on any atom is 0.291 e. The number of nitrogens with one attached hydrogen (secondary N) is 3.